The molecule has 4 nitrogen and oxygen atoms in total. The van der Waals surface area contributed by atoms with E-state index in [-0.39, 0.29) is 5.91 Å². The van der Waals surface area contributed by atoms with Gasteiger partial charge in [-0.2, -0.15) is 0 Å². The monoisotopic (exact) mass is 310 g/mol. The Labute approximate surface area is 114 Å². The van der Waals surface area contributed by atoms with Gasteiger partial charge in [0, 0.05) is 28.1 Å². The highest BCUT2D eigenvalue weighted by Crippen LogP contribution is 2.26. The molecule has 0 fully saturated rings. The number of halogens is 1. The maximum absolute atomic E-state index is 11.9. The Morgan fingerprint density at radius 2 is 2.22 bits per heavy atom. The third kappa shape index (κ3) is 2.42. The van der Waals surface area contributed by atoms with Gasteiger partial charge in [-0.15, -0.1) is 0 Å². The van der Waals surface area contributed by atoms with Gasteiger partial charge in [0.25, 0.3) is 0 Å². The summed E-state index contributed by atoms with van der Waals surface area (Å²) in [6.45, 7) is 1.98. The van der Waals surface area contributed by atoms with Crippen molar-refractivity contribution in [3.05, 3.63) is 33.9 Å². The normalized spacial score (nSPS) is 10.9. The van der Waals surface area contributed by atoms with Gasteiger partial charge in [-0.05, 0) is 30.7 Å². The summed E-state index contributed by atoms with van der Waals surface area (Å²) in [6.07, 6.45) is 0.326. The van der Waals surface area contributed by atoms with Crippen molar-refractivity contribution >= 4 is 32.7 Å². The maximum Gasteiger partial charge on any atom is 0.250 e. The predicted molar refractivity (Wildman–Crippen MR) is 74.2 cm³/mol. The van der Waals surface area contributed by atoms with Crippen LogP contribution in [-0.2, 0) is 16.1 Å². The van der Waals surface area contributed by atoms with Crippen LogP contribution in [0.4, 0.5) is 0 Å². The minimum Gasteiger partial charge on any atom is -0.358 e. The molecule has 0 aliphatic rings. The number of fused-ring (bicyclic) bond motifs is 1. The van der Waals surface area contributed by atoms with E-state index in [0.717, 1.165) is 26.6 Å². The number of carbonyl (C=O) groups is 1. The van der Waals surface area contributed by atoms with Gasteiger partial charge in [0.15, 0.2) is 0 Å². The van der Waals surface area contributed by atoms with E-state index < -0.39 is 0 Å². The second-order valence-corrected chi connectivity index (χ2v) is 5.08. The van der Waals surface area contributed by atoms with Crippen molar-refractivity contribution in [2.75, 3.05) is 14.2 Å². The fourth-order valence-electron chi connectivity index (χ4n) is 1.95. The molecule has 0 aliphatic carbocycles. The van der Waals surface area contributed by atoms with Gasteiger partial charge in [0.1, 0.15) is 0 Å². The third-order valence-corrected chi connectivity index (χ3v) is 3.53. The number of hydrogen-bond donors (Lipinski definition) is 1. The van der Waals surface area contributed by atoms with Crippen LogP contribution in [0.25, 0.3) is 10.9 Å². The molecule has 1 heterocycles. The second-order valence-electron chi connectivity index (χ2n) is 4.17. The zero-order valence-electron chi connectivity index (χ0n) is 10.6. The van der Waals surface area contributed by atoms with Gasteiger partial charge in [0.2, 0.25) is 5.91 Å². The molecule has 0 bridgehead atoms. The highest BCUT2D eigenvalue weighted by molar-refractivity contribution is 9.10. The first kappa shape index (κ1) is 13.1. The number of benzene rings is 1. The van der Waals surface area contributed by atoms with E-state index >= 15 is 0 Å². The first-order valence-corrected chi connectivity index (χ1v) is 6.39. The van der Waals surface area contributed by atoms with E-state index in [1.807, 2.05) is 25.1 Å². The summed E-state index contributed by atoms with van der Waals surface area (Å²) in [5, 5.41) is 2.32. The smallest absolute Gasteiger partial charge is 0.250 e. The fourth-order valence-corrected chi connectivity index (χ4v) is 2.31. The van der Waals surface area contributed by atoms with E-state index in [1.165, 1.54) is 12.2 Å². The van der Waals surface area contributed by atoms with E-state index in [9.17, 15) is 4.79 Å². The average molecular weight is 311 g/mol. The minimum atomic E-state index is -0.0681. The lowest BCUT2D eigenvalue weighted by Crippen LogP contribution is -2.27. The molecule has 0 saturated heterocycles. The molecule has 0 saturated carbocycles. The van der Waals surface area contributed by atoms with Gasteiger partial charge in [-0.25, -0.2) is 5.06 Å². The van der Waals surface area contributed by atoms with Crippen LogP contribution in [0.1, 0.15) is 11.3 Å². The number of likely N-dealkylation sites (N-methyl/N-ethyl adjacent to an activating group) is 1. The van der Waals surface area contributed by atoms with Crippen molar-refractivity contribution in [3.63, 3.8) is 0 Å². The Kier molecular flexibility index (Phi) is 3.73. The standard InChI is InChI=1S/C13H15BrN2O2/c1-8-10(7-13(17)16(2)18-3)11-6-9(14)4-5-12(11)15-8/h4-6,15H,7H2,1-3H3. The van der Waals surface area contributed by atoms with Gasteiger partial charge < -0.3 is 4.98 Å². The average Bonchev–Trinajstić information content (AvgIpc) is 2.65. The summed E-state index contributed by atoms with van der Waals surface area (Å²) in [7, 11) is 3.10. The quantitative estimate of drug-likeness (QED) is 0.886. The first-order chi connectivity index (χ1) is 8.52. The van der Waals surface area contributed by atoms with Crippen LogP contribution in [0.5, 0.6) is 0 Å². The van der Waals surface area contributed by atoms with Gasteiger partial charge in [-0.1, -0.05) is 15.9 Å². The molecule has 2 aromatic rings. The number of amides is 1. The number of rotatable bonds is 3. The predicted octanol–water partition coefficient (Wildman–Crippen LogP) is 2.80. The Morgan fingerprint density at radius 1 is 1.50 bits per heavy atom. The number of nitrogens with one attached hydrogen (secondary N) is 1. The molecule has 96 valence electrons. The largest absolute Gasteiger partial charge is 0.358 e. The lowest BCUT2D eigenvalue weighted by Gasteiger charge is -2.13. The molecule has 5 heteroatoms. The van der Waals surface area contributed by atoms with Crippen LogP contribution < -0.4 is 0 Å². The summed E-state index contributed by atoms with van der Waals surface area (Å²) in [5.41, 5.74) is 3.07. The maximum atomic E-state index is 11.9. The van der Waals surface area contributed by atoms with Crippen LogP contribution in [0.3, 0.4) is 0 Å². The summed E-state index contributed by atoms with van der Waals surface area (Å²) in [4.78, 5) is 20.1. The van der Waals surface area contributed by atoms with Crippen molar-refractivity contribution in [1.82, 2.24) is 10.0 Å². The summed E-state index contributed by atoms with van der Waals surface area (Å²) < 4.78 is 1.00. The number of aryl methyl sites for hydroxylation is 1. The van der Waals surface area contributed by atoms with Crippen molar-refractivity contribution in [1.29, 1.82) is 0 Å². The molecule has 0 spiro atoms. The summed E-state index contributed by atoms with van der Waals surface area (Å²) in [5.74, 6) is -0.0681. The van der Waals surface area contributed by atoms with Crippen LogP contribution >= 0.6 is 15.9 Å². The Hall–Kier alpha value is -1.33. The van der Waals surface area contributed by atoms with E-state index in [2.05, 4.69) is 20.9 Å². The molecule has 0 aliphatic heterocycles. The lowest BCUT2D eigenvalue weighted by atomic mass is 10.1. The Morgan fingerprint density at radius 3 is 2.89 bits per heavy atom. The van der Waals surface area contributed by atoms with Crippen LogP contribution in [-0.4, -0.2) is 30.1 Å². The molecule has 18 heavy (non-hydrogen) atoms. The van der Waals surface area contributed by atoms with Crippen molar-refractivity contribution in [3.8, 4) is 0 Å². The van der Waals surface area contributed by atoms with Crippen molar-refractivity contribution in [2.24, 2.45) is 0 Å². The highest BCUT2D eigenvalue weighted by atomic mass is 79.9. The molecule has 1 aromatic carbocycles. The number of aromatic nitrogens is 1. The zero-order chi connectivity index (χ0) is 13.3. The minimum absolute atomic E-state index is 0.0681. The van der Waals surface area contributed by atoms with Crippen LogP contribution in [0.15, 0.2) is 22.7 Å². The SMILES string of the molecule is CON(C)C(=O)Cc1c(C)[nH]c2ccc(Br)cc12. The van der Waals surface area contributed by atoms with Gasteiger partial charge in [-0.3, -0.25) is 9.63 Å². The fraction of sp³-hybridized carbons (Fsp3) is 0.308. The number of hydroxylamine groups is 2. The molecule has 1 aromatic heterocycles. The molecule has 2 rings (SSSR count). The van der Waals surface area contributed by atoms with Crippen LogP contribution in [0.2, 0.25) is 0 Å². The molecule has 1 N–H and O–H groups in total. The zero-order valence-corrected chi connectivity index (χ0v) is 12.2. The number of carbonyl (C=O) groups excluding carboxylic acids is 1. The van der Waals surface area contributed by atoms with Crippen molar-refractivity contribution < 1.29 is 9.63 Å². The highest BCUT2D eigenvalue weighted by Gasteiger charge is 2.15. The molecule has 0 unspecified atom stereocenters. The summed E-state index contributed by atoms with van der Waals surface area (Å²) in [6, 6.07) is 6.00. The number of nitrogens with zero attached hydrogens (tertiary/aromatic N) is 1. The Bertz CT molecular complexity index is 592. The summed E-state index contributed by atoms with van der Waals surface area (Å²) >= 11 is 3.45. The van der Waals surface area contributed by atoms with Crippen molar-refractivity contribution in [2.45, 2.75) is 13.3 Å². The second kappa shape index (κ2) is 5.12. The molecule has 0 radical (unpaired) electrons. The van der Waals surface area contributed by atoms with E-state index in [4.69, 9.17) is 4.84 Å². The number of H-pyrrole nitrogens is 1. The van der Waals surface area contributed by atoms with Gasteiger partial charge in [0.05, 0.1) is 13.5 Å². The Balaban J connectivity index is 2.41. The number of aromatic amines is 1. The molecule has 0 atom stereocenters. The van der Waals surface area contributed by atoms with E-state index in [1.54, 1.807) is 7.05 Å². The van der Waals surface area contributed by atoms with E-state index in [0.29, 0.717) is 6.42 Å². The topological polar surface area (TPSA) is 45.3 Å². The first-order valence-electron chi connectivity index (χ1n) is 5.60. The van der Waals surface area contributed by atoms with Gasteiger partial charge >= 0.3 is 0 Å². The van der Waals surface area contributed by atoms with Crippen LogP contribution in [0, 0.1) is 6.92 Å². The number of hydrogen-bond acceptors (Lipinski definition) is 2. The molecule has 1 amide bonds. The third-order valence-electron chi connectivity index (χ3n) is 3.03. The molecular formula is C13H15BrN2O2. The lowest BCUT2D eigenvalue weighted by molar-refractivity contribution is -0.167. The molecular weight excluding hydrogens is 296 g/mol.